The molecule has 3 heterocycles. The second kappa shape index (κ2) is 10.6. The van der Waals surface area contributed by atoms with E-state index < -0.39 is 27.6 Å². The summed E-state index contributed by atoms with van der Waals surface area (Å²) in [6, 6.07) is 15.9. The van der Waals surface area contributed by atoms with E-state index in [0.29, 0.717) is 38.3 Å². The molecular formula is C29H33N5O5S. The van der Waals surface area contributed by atoms with Crippen molar-refractivity contribution in [3.63, 3.8) is 0 Å². The number of nitrogens with zero attached hydrogens (tertiary/aromatic N) is 5. The maximum atomic E-state index is 12.9. The largest absolute Gasteiger partial charge is 0.469 e. The lowest BCUT2D eigenvalue weighted by Crippen LogP contribution is -2.56. The number of benzene rings is 2. The number of rotatable bonds is 4. The number of carbonyl (C=O) groups excluding carboxylic acids is 1. The number of sulfone groups is 1. The highest BCUT2D eigenvalue weighted by Gasteiger charge is 2.37. The molecule has 2 aliphatic heterocycles. The molecule has 0 saturated carbocycles. The molecule has 2 aromatic carbocycles. The molecule has 1 amide bonds. The van der Waals surface area contributed by atoms with Crippen LogP contribution in [0, 0.1) is 11.3 Å². The lowest BCUT2D eigenvalue weighted by molar-refractivity contribution is 0.0144. The maximum Gasteiger partial charge on any atom is 0.410 e. The Labute approximate surface area is 234 Å². The van der Waals surface area contributed by atoms with Crippen LogP contribution in [0.1, 0.15) is 50.8 Å². The number of amides is 1. The van der Waals surface area contributed by atoms with Gasteiger partial charge in [0, 0.05) is 31.5 Å². The molecule has 0 aliphatic carbocycles. The normalized spacial score (nSPS) is 19.5. The second-order valence-corrected chi connectivity index (χ2v) is 13.1. The Hall–Kier alpha value is -3.91. The third-order valence-electron chi connectivity index (χ3n) is 7.08. The molecule has 0 N–H and O–H groups in total. The minimum Gasteiger partial charge on any atom is -0.469 e. The Balaban J connectivity index is 1.49. The van der Waals surface area contributed by atoms with E-state index in [9.17, 15) is 18.5 Å². The van der Waals surface area contributed by atoms with Crippen LogP contribution in [0.5, 0.6) is 5.88 Å². The van der Waals surface area contributed by atoms with Gasteiger partial charge in [-0.05, 0) is 44.4 Å². The molecule has 0 radical (unpaired) electrons. The van der Waals surface area contributed by atoms with E-state index in [0.717, 1.165) is 28.2 Å². The summed E-state index contributed by atoms with van der Waals surface area (Å²) in [5.41, 5.74) is 1.08. The number of piperazine rings is 1. The first-order chi connectivity index (χ1) is 18.9. The highest BCUT2D eigenvalue weighted by atomic mass is 32.2. The standard InChI is InChI=1S/C29H33N5O5S/c1-29(2,3)39-28(35)34-17-16-33(18-20(34)14-15-30)25-23-12-13-24(38-26(23)32-27(31-25)40(4,36)37)22-11-7-9-19-8-5-6-10-21(19)22/h5-11,20,24H,12-14,16-18H2,1-4H3/t20-,24?/m0/s1. The molecule has 40 heavy (non-hydrogen) atoms. The van der Waals surface area contributed by atoms with Crippen LogP contribution in [0.3, 0.4) is 0 Å². The van der Waals surface area contributed by atoms with Crippen molar-refractivity contribution in [2.24, 2.45) is 0 Å². The number of aromatic nitrogens is 2. The first kappa shape index (κ1) is 27.6. The van der Waals surface area contributed by atoms with E-state index in [1.54, 1.807) is 25.7 Å². The summed E-state index contributed by atoms with van der Waals surface area (Å²) in [4.78, 5) is 25.2. The van der Waals surface area contributed by atoms with Crippen molar-refractivity contribution in [1.82, 2.24) is 14.9 Å². The van der Waals surface area contributed by atoms with Crippen molar-refractivity contribution in [2.45, 2.75) is 62.9 Å². The highest BCUT2D eigenvalue weighted by Crippen LogP contribution is 2.40. The molecule has 11 heteroatoms. The molecular weight excluding hydrogens is 530 g/mol. The summed E-state index contributed by atoms with van der Waals surface area (Å²) in [5, 5.41) is 11.4. The Morgan fingerprint density at radius 1 is 1.15 bits per heavy atom. The fourth-order valence-electron chi connectivity index (χ4n) is 5.28. The third kappa shape index (κ3) is 5.68. The molecule has 1 unspecified atom stereocenters. The van der Waals surface area contributed by atoms with Gasteiger partial charge < -0.3 is 19.3 Å². The van der Waals surface area contributed by atoms with Crippen LogP contribution in [0.25, 0.3) is 10.8 Å². The first-order valence-electron chi connectivity index (χ1n) is 13.3. The smallest absolute Gasteiger partial charge is 0.410 e. The molecule has 0 spiro atoms. The van der Waals surface area contributed by atoms with Crippen LogP contribution in [0.4, 0.5) is 10.6 Å². The lowest BCUT2D eigenvalue weighted by atomic mass is 9.94. The zero-order valence-corrected chi connectivity index (χ0v) is 23.9. The van der Waals surface area contributed by atoms with Gasteiger partial charge >= 0.3 is 6.09 Å². The van der Waals surface area contributed by atoms with Gasteiger partial charge in [0.25, 0.3) is 5.16 Å². The van der Waals surface area contributed by atoms with Gasteiger partial charge in [-0.1, -0.05) is 42.5 Å². The van der Waals surface area contributed by atoms with E-state index in [4.69, 9.17) is 9.47 Å². The SMILES string of the molecule is CC(C)(C)OC(=O)N1CCN(c2nc(S(C)(=O)=O)nc3c2CCC(c2cccc4ccccc24)O3)C[C@@H]1CC#N. The van der Waals surface area contributed by atoms with Gasteiger partial charge in [-0.15, -0.1) is 0 Å². The summed E-state index contributed by atoms with van der Waals surface area (Å²) in [6.07, 6.45) is 1.64. The second-order valence-electron chi connectivity index (χ2n) is 11.2. The molecule has 3 aromatic rings. The van der Waals surface area contributed by atoms with Crippen molar-refractivity contribution in [2.75, 3.05) is 30.8 Å². The van der Waals surface area contributed by atoms with E-state index >= 15 is 0 Å². The Morgan fingerprint density at radius 2 is 1.90 bits per heavy atom. The molecule has 10 nitrogen and oxygen atoms in total. The highest BCUT2D eigenvalue weighted by molar-refractivity contribution is 7.90. The van der Waals surface area contributed by atoms with Gasteiger partial charge in [-0.25, -0.2) is 18.2 Å². The molecule has 1 fully saturated rings. The van der Waals surface area contributed by atoms with E-state index in [1.807, 2.05) is 41.3 Å². The van der Waals surface area contributed by atoms with Gasteiger partial charge in [0.2, 0.25) is 15.7 Å². The topological polar surface area (TPSA) is 126 Å². The third-order valence-corrected chi connectivity index (χ3v) is 7.92. The van der Waals surface area contributed by atoms with Crippen molar-refractivity contribution < 1.29 is 22.7 Å². The van der Waals surface area contributed by atoms with Crippen molar-refractivity contribution in [1.29, 1.82) is 5.26 Å². The number of fused-ring (bicyclic) bond motifs is 2. The lowest BCUT2D eigenvalue weighted by Gasteiger charge is -2.42. The zero-order chi connectivity index (χ0) is 28.7. The van der Waals surface area contributed by atoms with Crippen LogP contribution in [-0.2, 0) is 21.0 Å². The summed E-state index contributed by atoms with van der Waals surface area (Å²) < 4.78 is 37.2. The number of anilines is 1. The molecule has 2 atom stereocenters. The van der Waals surface area contributed by atoms with Crippen molar-refractivity contribution in [3.8, 4) is 11.9 Å². The van der Waals surface area contributed by atoms with Crippen LogP contribution >= 0.6 is 0 Å². The minimum atomic E-state index is -3.75. The van der Waals surface area contributed by atoms with Gasteiger partial charge in [0.15, 0.2) is 0 Å². The fraction of sp³-hybridized carbons (Fsp3) is 0.448. The summed E-state index contributed by atoms with van der Waals surface area (Å²) in [7, 11) is -3.75. The average Bonchev–Trinajstić information content (AvgIpc) is 2.90. The van der Waals surface area contributed by atoms with Crippen LogP contribution in [0.15, 0.2) is 47.6 Å². The maximum absolute atomic E-state index is 12.9. The molecule has 1 aromatic heterocycles. The molecule has 1 saturated heterocycles. The van der Waals surface area contributed by atoms with Crippen molar-refractivity contribution in [3.05, 3.63) is 53.6 Å². The van der Waals surface area contributed by atoms with Gasteiger partial charge in [0.1, 0.15) is 17.5 Å². The zero-order valence-electron chi connectivity index (χ0n) is 23.1. The number of hydrogen-bond acceptors (Lipinski definition) is 9. The van der Waals surface area contributed by atoms with Crippen LogP contribution < -0.4 is 9.64 Å². The predicted octanol–water partition coefficient (Wildman–Crippen LogP) is 4.44. The quantitative estimate of drug-likeness (QED) is 0.424. The number of ether oxygens (including phenoxy) is 2. The van der Waals surface area contributed by atoms with E-state index in [1.165, 1.54) is 0 Å². The monoisotopic (exact) mass is 563 g/mol. The Kier molecular flexibility index (Phi) is 7.31. The summed E-state index contributed by atoms with van der Waals surface area (Å²) >= 11 is 0. The fourth-order valence-corrected chi connectivity index (χ4v) is 5.79. The number of hydrogen-bond donors (Lipinski definition) is 0. The van der Waals surface area contributed by atoms with Crippen molar-refractivity contribution >= 4 is 32.5 Å². The number of carbonyl (C=O) groups is 1. The number of nitriles is 1. The molecule has 0 bridgehead atoms. The Bertz CT molecular complexity index is 1590. The van der Waals surface area contributed by atoms with Crippen LogP contribution in [-0.4, -0.2) is 66.9 Å². The minimum absolute atomic E-state index is 0.0988. The summed E-state index contributed by atoms with van der Waals surface area (Å²) in [5.74, 6) is 0.717. The van der Waals surface area contributed by atoms with E-state index in [-0.39, 0.29) is 23.6 Å². The van der Waals surface area contributed by atoms with Gasteiger partial charge in [-0.2, -0.15) is 10.2 Å². The molecule has 2 aliphatic rings. The van der Waals surface area contributed by atoms with Gasteiger partial charge in [0.05, 0.1) is 24.1 Å². The predicted molar refractivity (Wildman–Crippen MR) is 150 cm³/mol. The summed E-state index contributed by atoms with van der Waals surface area (Å²) in [6.45, 7) is 6.38. The van der Waals surface area contributed by atoms with Crippen LogP contribution in [0.2, 0.25) is 0 Å². The van der Waals surface area contributed by atoms with E-state index in [2.05, 4.69) is 22.1 Å². The first-order valence-corrected chi connectivity index (χ1v) is 15.2. The average molecular weight is 564 g/mol. The Morgan fingerprint density at radius 3 is 2.62 bits per heavy atom. The molecule has 5 rings (SSSR count). The van der Waals surface area contributed by atoms with Gasteiger partial charge in [-0.3, -0.25) is 0 Å². The molecule has 210 valence electrons.